The standard InChI is InChI=1S/C18H21N5O4/c1-21-15-5-4-13(10-16(15)27-18(21)25)20-17(24)22-7-3-9-26-14(11-22)12-23-8-2-6-19-23/h2,4-6,8,10,14H,3,7,9,11-12H2,1H3,(H,20,24)/t14-/m0/s1. The van der Waals surface area contributed by atoms with E-state index in [1.54, 1.807) is 41.0 Å². The Hall–Kier alpha value is -3.07. The molecule has 9 heteroatoms. The number of oxazole rings is 1. The molecule has 1 N–H and O–H groups in total. The number of carbonyl (C=O) groups is 1. The molecule has 1 aliphatic rings. The fraction of sp³-hybridized carbons (Fsp3) is 0.389. The predicted molar refractivity (Wildman–Crippen MR) is 98.6 cm³/mol. The average molecular weight is 371 g/mol. The van der Waals surface area contributed by atoms with Crippen LogP contribution < -0.4 is 11.1 Å². The zero-order valence-corrected chi connectivity index (χ0v) is 15.0. The van der Waals surface area contributed by atoms with Crippen LogP contribution >= 0.6 is 0 Å². The molecule has 1 saturated heterocycles. The Labute approximate surface area is 155 Å². The highest BCUT2D eigenvalue weighted by atomic mass is 16.5. The summed E-state index contributed by atoms with van der Waals surface area (Å²) < 4.78 is 14.2. The van der Waals surface area contributed by atoms with Crippen molar-refractivity contribution in [3.63, 3.8) is 0 Å². The summed E-state index contributed by atoms with van der Waals surface area (Å²) in [7, 11) is 1.64. The van der Waals surface area contributed by atoms with E-state index in [4.69, 9.17) is 9.15 Å². The lowest BCUT2D eigenvalue weighted by atomic mass is 10.3. The third-order valence-corrected chi connectivity index (χ3v) is 4.63. The van der Waals surface area contributed by atoms with E-state index < -0.39 is 5.76 Å². The Morgan fingerprint density at radius 3 is 3.11 bits per heavy atom. The van der Waals surface area contributed by atoms with Crippen LogP contribution in [0.3, 0.4) is 0 Å². The number of hydrogen-bond donors (Lipinski definition) is 1. The summed E-state index contributed by atoms with van der Waals surface area (Å²) in [5.41, 5.74) is 1.70. The number of aromatic nitrogens is 3. The zero-order chi connectivity index (χ0) is 18.8. The van der Waals surface area contributed by atoms with Crippen molar-refractivity contribution >= 4 is 22.8 Å². The van der Waals surface area contributed by atoms with Gasteiger partial charge in [0.05, 0.1) is 24.7 Å². The lowest BCUT2D eigenvalue weighted by molar-refractivity contribution is 0.0442. The van der Waals surface area contributed by atoms with Crippen molar-refractivity contribution in [1.82, 2.24) is 19.2 Å². The molecule has 3 aromatic rings. The quantitative estimate of drug-likeness (QED) is 0.755. The van der Waals surface area contributed by atoms with Gasteiger partial charge < -0.3 is 19.4 Å². The number of urea groups is 1. The van der Waals surface area contributed by atoms with Crippen LogP contribution in [-0.4, -0.2) is 51.1 Å². The first-order valence-electron chi connectivity index (χ1n) is 8.85. The van der Waals surface area contributed by atoms with Gasteiger partial charge in [-0.3, -0.25) is 9.25 Å². The second-order valence-electron chi connectivity index (χ2n) is 6.56. The van der Waals surface area contributed by atoms with Crippen molar-refractivity contribution in [1.29, 1.82) is 0 Å². The van der Waals surface area contributed by atoms with Crippen molar-refractivity contribution in [3.8, 4) is 0 Å². The molecule has 4 rings (SSSR count). The molecule has 142 valence electrons. The zero-order valence-electron chi connectivity index (χ0n) is 15.0. The molecule has 0 radical (unpaired) electrons. The van der Waals surface area contributed by atoms with Gasteiger partial charge in [0, 0.05) is 44.3 Å². The minimum Gasteiger partial charge on any atom is -0.408 e. The van der Waals surface area contributed by atoms with Crippen LogP contribution in [0.5, 0.6) is 0 Å². The first-order chi connectivity index (χ1) is 13.1. The minimum atomic E-state index is -0.431. The maximum Gasteiger partial charge on any atom is 0.419 e. The van der Waals surface area contributed by atoms with Crippen LogP contribution in [0.25, 0.3) is 11.1 Å². The third-order valence-electron chi connectivity index (χ3n) is 4.63. The number of anilines is 1. The summed E-state index contributed by atoms with van der Waals surface area (Å²) in [4.78, 5) is 26.1. The van der Waals surface area contributed by atoms with Gasteiger partial charge in [0.25, 0.3) is 0 Å². The summed E-state index contributed by atoms with van der Waals surface area (Å²) in [6, 6.07) is 6.82. The fourth-order valence-corrected chi connectivity index (χ4v) is 3.22. The van der Waals surface area contributed by atoms with Crippen LogP contribution in [0.4, 0.5) is 10.5 Å². The second-order valence-corrected chi connectivity index (χ2v) is 6.56. The number of hydrogen-bond acceptors (Lipinski definition) is 5. The van der Waals surface area contributed by atoms with Crippen molar-refractivity contribution in [3.05, 3.63) is 47.2 Å². The Kier molecular flexibility index (Phi) is 4.68. The molecule has 27 heavy (non-hydrogen) atoms. The molecule has 0 unspecified atom stereocenters. The van der Waals surface area contributed by atoms with Crippen LogP contribution in [0.15, 0.2) is 45.9 Å². The molecule has 2 aromatic heterocycles. The van der Waals surface area contributed by atoms with E-state index in [1.807, 2.05) is 12.3 Å². The van der Waals surface area contributed by atoms with Crippen molar-refractivity contribution in [2.24, 2.45) is 7.05 Å². The van der Waals surface area contributed by atoms with Crippen LogP contribution in [0.1, 0.15) is 6.42 Å². The van der Waals surface area contributed by atoms with E-state index in [9.17, 15) is 9.59 Å². The van der Waals surface area contributed by atoms with E-state index in [-0.39, 0.29) is 12.1 Å². The number of benzene rings is 1. The molecule has 1 fully saturated rings. The highest BCUT2D eigenvalue weighted by molar-refractivity contribution is 5.91. The third kappa shape index (κ3) is 3.72. The van der Waals surface area contributed by atoms with Gasteiger partial charge in [-0.1, -0.05) is 0 Å². The van der Waals surface area contributed by atoms with Crippen molar-refractivity contribution in [2.45, 2.75) is 19.1 Å². The molecular formula is C18H21N5O4. The first-order valence-corrected chi connectivity index (χ1v) is 8.85. The van der Waals surface area contributed by atoms with E-state index in [0.717, 1.165) is 6.42 Å². The summed E-state index contributed by atoms with van der Waals surface area (Å²) in [6.45, 7) is 2.30. The SMILES string of the molecule is Cn1c(=O)oc2cc(NC(=O)N3CCCO[C@H](Cn4cccn4)C3)ccc21. The maximum atomic E-state index is 12.7. The lowest BCUT2D eigenvalue weighted by Crippen LogP contribution is -2.41. The topological polar surface area (TPSA) is 94.5 Å². The monoisotopic (exact) mass is 371 g/mol. The molecule has 0 spiro atoms. The van der Waals surface area contributed by atoms with E-state index >= 15 is 0 Å². The van der Waals surface area contributed by atoms with E-state index in [0.29, 0.717) is 43.0 Å². The van der Waals surface area contributed by atoms with Crippen molar-refractivity contribution < 1.29 is 13.9 Å². The van der Waals surface area contributed by atoms with Gasteiger partial charge in [-0.25, -0.2) is 9.59 Å². The number of carbonyl (C=O) groups excluding carboxylic acids is 1. The molecule has 0 saturated carbocycles. The molecule has 1 aromatic carbocycles. The van der Waals surface area contributed by atoms with E-state index in [1.165, 1.54) is 4.57 Å². The number of aryl methyl sites for hydroxylation is 1. The Bertz CT molecular complexity index is 991. The lowest BCUT2D eigenvalue weighted by Gasteiger charge is -2.24. The van der Waals surface area contributed by atoms with Gasteiger partial charge in [-0.05, 0) is 24.6 Å². The normalized spacial score (nSPS) is 17.8. The number of nitrogens with zero attached hydrogens (tertiary/aromatic N) is 4. The predicted octanol–water partition coefficient (Wildman–Crippen LogP) is 1.65. The Morgan fingerprint density at radius 2 is 2.30 bits per heavy atom. The Balaban J connectivity index is 1.45. The van der Waals surface area contributed by atoms with Crippen LogP contribution in [-0.2, 0) is 18.3 Å². The number of ether oxygens (including phenoxy) is 1. The highest BCUT2D eigenvalue weighted by Crippen LogP contribution is 2.19. The van der Waals surface area contributed by atoms with Gasteiger partial charge in [0.2, 0.25) is 0 Å². The smallest absolute Gasteiger partial charge is 0.408 e. The van der Waals surface area contributed by atoms with Crippen LogP contribution in [0, 0.1) is 0 Å². The molecule has 3 heterocycles. The number of fused-ring (bicyclic) bond motifs is 1. The second kappa shape index (κ2) is 7.28. The van der Waals surface area contributed by atoms with Crippen LogP contribution in [0.2, 0.25) is 0 Å². The summed E-state index contributed by atoms with van der Waals surface area (Å²) in [5.74, 6) is -0.431. The number of amides is 2. The summed E-state index contributed by atoms with van der Waals surface area (Å²) >= 11 is 0. The fourth-order valence-electron chi connectivity index (χ4n) is 3.22. The molecule has 9 nitrogen and oxygen atoms in total. The molecule has 1 aliphatic heterocycles. The molecule has 0 aliphatic carbocycles. The largest absolute Gasteiger partial charge is 0.419 e. The highest BCUT2D eigenvalue weighted by Gasteiger charge is 2.23. The van der Waals surface area contributed by atoms with Crippen molar-refractivity contribution in [2.75, 3.05) is 25.0 Å². The number of nitrogens with one attached hydrogen (secondary N) is 1. The maximum absolute atomic E-state index is 12.7. The molecule has 0 bridgehead atoms. The number of rotatable bonds is 3. The minimum absolute atomic E-state index is 0.118. The molecule has 1 atom stereocenters. The average Bonchev–Trinajstić information content (AvgIpc) is 3.17. The molecule has 2 amide bonds. The Morgan fingerprint density at radius 1 is 1.41 bits per heavy atom. The van der Waals surface area contributed by atoms with Gasteiger partial charge in [0.15, 0.2) is 5.58 Å². The van der Waals surface area contributed by atoms with Gasteiger partial charge in [-0.2, -0.15) is 5.10 Å². The summed E-state index contributed by atoms with van der Waals surface area (Å²) in [6.07, 6.45) is 4.25. The first kappa shape index (κ1) is 17.3. The summed E-state index contributed by atoms with van der Waals surface area (Å²) in [5, 5.41) is 7.07. The molecular weight excluding hydrogens is 350 g/mol. The van der Waals surface area contributed by atoms with Gasteiger partial charge in [0.1, 0.15) is 0 Å². The van der Waals surface area contributed by atoms with E-state index in [2.05, 4.69) is 10.4 Å². The van der Waals surface area contributed by atoms with Gasteiger partial charge >= 0.3 is 11.8 Å². The van der Waals surface area contributed by atoms with Gasteiger partial charge in [-0.15, -0.1) is 0 Å².